The number of nitrogens with zero attached hydrogens (tertiary/aromatic N) is 1. The molecule has 0 heterocycles. The minimum absolute atomic E-state index is 0.264. The van der Waals surface area contributed by atoms with E-state index < -0.39 is 0 Å². The summed E-state index contributed by atoms with van der Waals surface area (Å²) in [5.41, 5.74) is 0. The minimum Gasteiger partial charge on any atom is -0.306 e. The molecule has 0 unspecified atom stereocenters. The molecular weight excluding hydrogens is 249 g/mol. The maximum atomic E-state index is 2.31. The van der Waals surface area contributed by atoms with Gasteiger partial charge in [0.25, 0.3) is 0 Å². The first-order valence-electron chi connectivity index (χ1n) is 6.72. The van der Waals surface area contributed by atoms with Crippen LogP contribution in [-0.4, -0.2) is 31.2 Å². The van der Waals surface area contributed by atoms with E-state index in [-0.39, 0.29) is 7.92 Å². The molecule has 2 aromatic carbocycles. The SMILES string of the molecule is C[C@@H](CP(c1ccccc1)c1ccccc1)N(C)C. The molecule has 0 saturated heterocycles. The van der Waals surface area contributed by atoms with Gasteiger partial charge in [0.2, 0.25) is 0 Å². The monoisotopic (exact) mass is 271 g/mol. The molecule has 0 spiro atoms. The predicted molar refractivity (Wildman–Crippen MR) is 87.1 cm³/mol. The summed E-state index contributed by atoms with van der Waals surface area (Å²) >= 11 is 0. The van der Waals surface area contributed by atoms with Gasteiger partial charge in [-0.2, -0.15) is 0 Å². The smallest absolute Gasteiger partial charge is 0.0106 e. The van der Waals surface area contributed by atoms with Crippen LogP contribution in [0.3, 0.4) is 0 Å². The highest BCUT2D eigenvalue weighted by Gasteiger charge is 2.17. The van der Waals surface area contributed by atoms with Crippen molar-refractivity contribution < 1.29 is 0 Å². The molecular formula is C17H22NP. The van der Waals surface area contributed by atoms with Crippen LogP contribution < -0.4 is 10.6 Å². The molecule has 2 heteroatoms. The molecule has 0 aromatic heterocycles. The van der Waals surface area contributed by atoms with Crippen LogP contribution in [0.1, 0.15) is 6.92 Å². The fourth-order valence-electron chi connectivity index (χ4n) is 2.00. The predicted octanol–water partition coefficient (Wildman–Crippen LogP) is 3.07. The molecule has 0 saturated carbocycles. The zero-order chi connectivity index (χ0) is 13.7. The van der Waals surface area contributed by atoms with Gasteiger partial charge in [-0.3, -0.25) is 0 Å². The third kappa shape index (κ3) is 3.89. The van der Waals surface area contributed by atoms with Crippen molar-refractivity contribution in [1.29, 1.82) is 0 Å². The van der Waals surface area contributed by atoms with Crippen molar-refractivity contribution in [2.45, 2.75) is 13.0 Å². The van der Waals surface area contributed by atoms with Crippen LogP contribution in [0.4, 0.5) is 0 Å². The molecule has 2 aromatic rings. The molecule has 1 atom stereocenters. The second-order valence-corrected chi connectivity index (χ2v) is 7.35. The van der Waals surface area contributed by atoms with E-state index in [2.05, 4.69) is 86.6 Å². The molecule has 100 valence electrons. The summed E-state index contributed by atoms with van der Waals surface area (Å²) in [6.45, 7) is 2.31. The Labute approximate surface area is 118 Å². The number of hydrogen-bond acceptors (Lipinski definition) is 1. The Hall–Kier alpha value is -1.17. The van der Waals surface area contributed by atoms with Crippen molar-refractivity contribution in [2.75, 3.05) is 20.3 Å². The lowest BCUT2D eigenvalue weighted by Crippen LogP contribution is -2.30. The van der Waals surface area contributed by atoms with Gasteiger partial charge in [-0.15, -0.1) is 0 Å². The second kappa shape index (κ2) is 6.84. The highest BCUT2D eigenvalue weighted by atomic mass is 31.1. The topological polar surface area (TPSA) is 3.24 Å². The Bertz CT molecular complexity index is 442. The summed E-state index contributed by atoms with van der Waals surface area (Å²) in [4.78, 5) is 2.31. The molecule has 19 heavy (non-hydrogen) atoms. The molecule has 0 radical (unpaired) electrons. The Morgan fingerprint density at radius 3 is 1.63 bits per heavy atom. The van der Waals surface area contributed by atoms with Gasteiger partial charge in [-0.1, -0.05) is 60.7 Å². The number of rotatable bonds is 5. The first kappa shape index (κ1) is 14.2. The lowest BCUT2D eigenvalue weighted by molar-refractivity contribution is 0.339. The van der Waals surface area contributed by atoms with E-state index >= 15 is 0 Å². The van der Waals surface area contributed by atoms with Gasteiger partial charge >= 0.3 is 0 Å². The molecule has 0 amide bonds. The van der Waals surface area contributed by atoms with Gasteiger partial charge in [0.15, 0.2) is 0 Å². The highest BCUT2D eigenvalue weighted by molar-refractivity contribution is 7.73. The molecule has 0 aliphatic heterocycles. The van der Waals surface area contributed by atoms with Crippen molar-refractivity contribution in [3.63, 3.8) is 0 Å². The van der Waals surface area contributed by atoms with E-state index in [0.29, 0.717) is 6.04 Å². The Morgan fingerprint density at radius 1 is 0.842 bits per heavy atom. The van der Waals surface area contributed by atoms with E-state index in [1.807, 2.05) is 0 Å². The largest absolute Gasteiger partial charge is 0.306 e. The van der Waals surface area contributed by atoms with Gasteiger partial charge in [0.05, 0.1) is 0 Å². The molecule has 0 aliphatic carbocycles. The van der Waals surface area contributed by atoms with E-state index in [9.17, 15) is 0 Å². The summed E-state index contributed by atoms with van der Waals surface area (Å²) in [7, 11) is 4.06. The molecule has 0 aliphatic rings. The van der Waals surface area contributed by atoms with Crippen LogP contribution >= 0.6 is 7.92 Å². The molecule has 1 nitrogen and oxygen atoms in total. The summed E-state index contributed by atoms with van der Waals surface area (Å²) < 4.78 is 0. The van der Waals surface area contributed by atoms with E-state index in [4.69, 9.17) is 0 Å². The van der Waals surface area contributed by atoms with Gasteiger partial charge in [-0.05, 0) is 45.7 Å². The fraction of sp³-hybridized carbons (Fsp3) is 0.294. The zero-order valence-corrected chi connectivity index (χ0v) is 12.8. The van der Waals surface area contributed by atoms with Crippen molar-refractivity contribution in [2.24, 2.45) is 0 Å². The van der Waals surface area contributed by atoms with Crippen LogP contribution in [0, 0.1) is 0 Å². The highest BCUT2D eigenvalue weighted by Crippen LogP contribution is 2.34. The summed E-state index contributed by atoms with van der Waals surface area (Å²) in [6.07, 6.45) is 1.20. The van der Waals surface area contributed by atoms with Crippen LogP contribution in [0.5, 0.6) is 0 Å². The van der Waals surface area contributed by atoms with Crippen LogP contribution in [0.15, 0.2) is 60.7 Å². The van der Waals surface area contributed by atoms with Gasteiger partial charge in [0.1, 0.15) is 0 Å². The average Bonchev–Trinajstić information content (AvgIpc) is 2.46. The zero-order valence-electron chi connectivity index (χ0n) is 12.0. The van der Waals surface area contributed by atoms with Gasteiger partial charge < -0.3 is 4.90 Å². The normalized spacial score (nSPS) is 12.9. The number of benzene rings is 2. The van der Waals surface area contributed by atoms with Crippen molar-refractivity contribution in [1.82, 2.24) is 4.90 Å². The van der Waals surface area contributed by atoms with Crippen molar-refractivity contribution in [3.8, 4) is 0 Å². The minimum atomic E-state index is -0.264. The Kier molecular flexibility index (Phi) is 5.13. The Balaban J connectivity index is 2.29. The molecule has 0 bridgehead atoms. The summed E-state index contributed by atoms with van der Waals surface area (Å²) in [5, 5.41) is 2.94. The van der Waals surface area contributed by atoms with Gasteiger partial charge in [-0.25, -0.2) is 0 Å². The Morgan fingerprint density at radius 2 is 1.26 bits per heavy atom. The van der Waals surface area contributed by atoms with E-state index in [1.54, 1.807) is 0 Å². The lowest BCUT2D eigenvalue weighted by Gasteiger charge is -2.26. The van der Waals surface area contributed by atoms with Crippen LogP contribution in [0.2, 0.25) is 0 Å². The third-order valence-electron chi connectivity index (χ3n) is 3.46. The van der Waals surface area contributed by atoms with E-state index in [1.165, 1.54) is 16.8 Å². The van der Waals surface area contributed by atoms with Crippen molar-refractivity contribution in [3.05, 3.63) is 60.7 Å². The van der Waals surface area contributed by atoms with E-state index in [0.717, 1.165) is 0 Å². The lowest BCUT2D eigenvalue weighted by atomic mass is 10.4. The summed E-state index contributed by atoms with van der Waals surface area (Å²) in [6, 6.07) is 22.4. The standard InChI is InChI=1S/C17H22NP/c1-15(18(2)3)14-19(16-10-6-4-7-11-16)17-12-8-5-9-13-17/h4-13,15H,14H2,1-3H3/t15-/m0/s1. The first-order chi connectivity index (χ1) is 9.18. The molecule has 0 fully saturated rings. The third-order valence-corrected chi connectivity index (χ3v) is 6.20. The summed E-state index contributed by atoms with van der Waals surface area (Å²) in [5.74, 6) is 0. The fourth-order valence-corrected chi connectivity index (χ4v) is 4.64. The van der Waals surface area contributed by atoms with Crippen LogP contribution in [0.25, 0.3) is 0 Å². The van der Waals surface area contributed by atoms with Gasteiger partial charge in [0, 0.05) is 6.04 Å². The van der Waals surface area contributed by atoms with Crippen molar-refractivity contribution >= 4 is 18.5 Å². The molecule has 2 rings (SSSR count). The average molecular weight is 271 g/mol. The second-order valence-electron chi connectivity index (χ2n) is 5.09. The maximum Gasteiger partial charge on any atom is 0.0106 e. The first-order valence-corrected chi connectivity index (χ1v) is 8.25. The maximum absolute atomic E-state index is 2.31. The van der Waals surface area contributed by atoms with Crippen LogP contribution in [-0.2, 0) is 0 Å². The number of hydrogen-bond donors (Lipinski definition) is 0. The molecule has 0 N–H and O–H groups in total. The quantitative estimate of drug-likeness (QED) is 0.755.